The molecular formula is C13H14Cl2FNO. The second kappa shape index (κ2) is 5.89. The Hall–Kier alpha value is -0.800. The van der Waals surface area contributed by atoms with Gasteiger partial charge in [-0.3, -0.25) is 4.79 Å². The lowest BCUT2D eigenvalue weighted by Gasteiger charge is -2.34. The van der Waals surface area contributed by atoms with Crippen molar-refractivity contribution in [3.8, 4) is 0 Å². The van der Waals surface area contributed by atoms with Gasteiger partial charge in [-0.25, -0.2) is 4.39 Å². The van der Waals surface area contributed by atoms with Crippen LogP contribution in [0.4, 0.5) is 4.39 Å². The molecule has 0 aromatic heterocycles. The number of carbonyl (C=O) groups is 1. The van der Waals surface area contributed by atoms with E-state index in [4.69, 9.17) is 23.2 Å². The molecule has 1 atom stereocenters. The Labute approximate surface area is 116 Å². The van der Waals surface area contributed by atoms with Crippen molar-refractivity contribution in [2.24, 2.45) is 0 Å². The molecule has 1 aromatic carbocycles. The number of likely N-dealkylation sites (tertiary alicyclic amines) is 1. The van der Waals surface area contributed by atoms with E-state index in [1.807, 2.05) is 0 Å². The molecule has 0 aliphatic carbocycles. The van der Waals surface area contributed by atoms with Gasteiger partial charge in [0.1, 0.15) is 5.82 Å². The first-order chi connectivity index (χ1) is 8.65. The molecule has 0 bridgehead atoms. The van der Waals surface area contributed by atoms with Crippen molar-refractivity contribution in [1.82, 2.24) is 4.90 Å². The molecule has 1 amide bonds. The Bertz CT molecular complexity index is 453. The molecule has 0 saturated carbocycles. The molecule has 1 aromatic rings. The van der Waals surface area contributed by atoms with Crippen LogP contribution in [-0.4, -0.2) is 29.3 Å². The maximum absolute atomic E-state index is 13.4. The molecule has 1 aliphatic heterocycles. The summed E-state index contributed by atoms with van der Waals surface area (Å²) in [6.07, 6.45) is 2.91. The van der Waals surface area contributed by atoms with Gasteiger partial charge in [-0.05, 0) is 31.4 Å². The predicted molar refractivity (Wildman–Crippen MR) is 70.8 cm³/mol. The van der Waals surface area contributed by atoms with E-state index in [0.717, 1.165) is 19.3 Å². The molecule has 2 rings (SSSR count). The van der Waals surface area contributed by atoms with Crippen LogP contribution in [0.2, 0.25) is 5.02 Å². The van der Waals surface area contributed by atoms with Crippen LogP contribution in [0.3, 0.4) is 0 Å². The van der Waals surface area contributed by atoms with E-state index < -0.39 is 5.82 Å². The van der Waals surface area contributed by atoms with Crippen molar-refractivity contribution in [1.29, 1.82) is 0 Å². The summed E-state index contributed by atoms with van der Waals surface area (Å²) >= 11 is 11.7. The molecule has 1 heterocycles. The second-order valence-corrected chi connectivity index (χ2v) is 5.09. The fourth-order valence-corrected chi connectivity index (χ4v) is 2.78. The Morgan fingerprint density at radius 1 is 1.44 bits per heavy atom. The summed E-state index contributed by atoms with van der Waals surface area (Å²) in [6, 6.07) is 4.31. The number of halogens is 3. The highest BCUT2D eigenvalue weighted by Gasteiger charge is 2.28. The zero-order chi connectivity index (χ0) is 13.1. The smallest absolute Gasteiger partial charge is 0.255 e. The van der Waals surface area contributed by atoms with Gasteiger partial charge < -0.3 is 4.90 Å². The summed E-state index contributed by atoms with van der Waals surface area (Å²) in [5, 5.41) is -0.110. The zero-order valence-electron chi connectivity index (χ0n) is 9.83. The summed E-state index contributed by atoms with van der Waals surface area (Å²) < 4.78 is 13.4. The van der Waals surface area contributed by atoms with Gasteiger partial charge in [-0.15, -0.1) is 11.6 Å². The number of hydrogen-bond acceptors (Lipinski definition) is 1. The molecule has 5 heteroatoms. The van der Waals surface area contributed by atoms with Gasteiger partial charge in [-0.1, -0.05) is 17.7 Å². The lowest BCUT2D eigenvalue weighted by atomic mass is 10.0. The van der Waals surface area contributed by atoms with Crippen molar-refractivity contribution in [3.63, 3.8) is 0 Å². The monoisotopic (exact) mass is 289 g/mol. The summed E-state index contributed by atoms with van der Waals surface area (Å²) in [6.45, 7) is 0.656. The third kappa shape index (κ3) is 2.62. The number of amides is 1. The van der Waals surface area contributed by atoms with Crippen molar-refractivity contribution < 1.29 is 9.18 Å². The van der Waals surface area contributed by atoms with Crippen LogP contribution >= 0.6 is 23.2 Å². The Morgan fingerprint density at radius 3 is 2.94 bits per heavy atom. The third-order valence-electron chi connectivity index (χ3n) is 3.25. The maximum atomic E-state index is 13.4. The Morgan fingerprint density at radius 2 is 2.22 bits per heavy atom. The standard InChI is InChI=1S/C13H14Cl2FNO/c14-8-9-4-1-2-7-17(9)13(18)10-5-3-6-11(16)12(10)15/h3,5-6,9H,1-2,4,7-8H2. The van der Waals surface area contributed by atoms with Crippen molar-refractivity contribution in [2.45, 2.75) is 25.3 Å². The molecule has 0 spiro atoms. The predicted octanol–water partition coefficient (Wildman–Crippen LogP) is 3.71. The van der Waals surface area contributed by atoms with Gasteiger partial charge in [0, 0.05) is 18.5 Å². The van der Waals surface area contributed by atoms with Gasteiger partial charge in [-0.2, -0.15) is 0 Å². The van der Waals surface area contributed by atoms with Crippen LogP contribution in [0.25, 0.3) is 0 Å². The number of alkyl halides is 1. The fraction of sp³-hybridized carbons (Fsp3) is 0.462. The van der Waals surface area contributed by atoms with Crippen LogP contribution in [0.15, 0.2) is 18.2 Å². The number of carbonyl (C=O) groups excluding carboxylic acids is 1. The zero-order valence-corrected chi connectivity index (χ0v) is 11.3. The van der Waals surface area contributed by atoms with Crippen LogP contribution in [-0.2, 0) is 0 Å². The number of hydrogen-bond donors (Lipinski definition) is 0. The summed E-state index contributed by atoms with van der Waals surface area (Å²) in [5.74, 6) is -0.398. The highest BCUT2D eigenvalue weighted by atomic mass is 35.5. The summed E-state index contributed by atoms with van der Waals surface area (Å²) in [5.41, 5.74) is 0.216. The van der Waals surface area contributed by atoms with E-state index in [2.05, 4.69) is 0 Å². The first-order valence-corrected chi connectivity index (χ1v) is 6.87. The van der Waals surface area contributed by atoms with Gasteiger partial charge in [0.25, 0.3) is 5.91 Å². The van der Waals surface area contributed by atoms with E-state index in [-0.39, 0.29) is 22.5 Å². The molecule has 1 unspecified atom stereocenters. The molecule has 1 saturated heterocycles. The van der Waals surface area contributed by atoms with Crippen LogP contribution in [0, 0.1) is 5.82 Å². The van der Waals surface area contributed by atoms with Gasteiger partial charge in [0.2, 0.25) is 0 Å². The summed E-state index contributed by atoms with van der Waals surface area (Å²) in [7, 11) is 0. The second-order valence-electron chi connectivity index (χ2n) is 4.40. The van der Waals surface area contributed by atoms with Crippen LogP contribution < -0.4 is 0 Å². The molecule has 0 N–H and O–H groups in total. The minimum Gasteiger partial charge on any atom is -0.334 e. The van der Waals surface area contributed by atoms with Crippen molar-refractivity contribution in [2.75, 3.05) is 12.4 Å². The lowest BCUT2D eigenvalue weighted by molar-refractivity contribution is 0.0639. The van der Waals surface area contributed by atoms with E-state index in [9.17, 15) is 9.18 Å². The topological polar surface area (TPSA) is 20.3 Å². The fourth-order valence-electron chi connectivity index (χ4n) is 2.25. The largest absolute Gasteiger partial charge is 0.334 e. The summed E-state index contributed by atoms with van der Waals surface area (Å²) in [4.78, 5) is 14.1. The lowest BCUT2D eigenvalue weighted by Crippen LogP contribution is -2.44. The average Bonchev–Trinajstić information content (AvgIpc) is 2.41. The quantitative estimate of drug-likeness (QED) is 0.760. The Kier molecular flexibility index (Phi) is 4.46. The molecular weight excluding hydrogens is 276 g/mol. The minimum atomic E-state index is -0.568. The average molecular weight is 290 g/mol. The molecule has 2 nitrogen and oxygen atoms in total. The first-order valence-electron chi connectivity index (χ1n) is 5.96. The molecule has 0 radical (unpaired) electrons. The normalized spacial score (nSPS) is 19.9. The maximum Gasteiger partial charge on any atom is 0.255 e. The number of nitrogens with zero attached hydrogens (tertiary/aromatic N) is 1. The molecule has 18 heavy (non-hydrogen) atoms. The molecule has 1 aliphatic rings. The first kappa shape index (κ1) is 13.6. The Balaban J connectivity index is 2.27. The van der Waals surface area contributed by atoms with Gasteiger partial charge in [0.05, 0.1) is 10.6 Å². The molecule has 1 fully saturated rings. The van der Waals surface area contributed by atoms with E-state index in [0.29, 0.717) is 12.4 Å². The van der Waals surface area contributed by atoms with Gasteiger partial charge >= 0.3 is 0 Å². The third-order valence-corrected chi connectivity index (χ3v) is 3.99. The van der Waals surface area contributed by atoms with E-state index in [1.54, 1.807) is 11.0 Å². The van der Waals surface area contributed by atoms with Gasteiger partial charge in [0.15, 0.2) is 0 Å². The highest BCUT2D eigenvalue weighted by Crippen LogP contribution is 2.25. The number of piperidine rings is 1. The van der Waals surface area contributed by atoms with E-state index in [1.165, 1.54) is 12.1 Å². The van der Waals surface area contributed by atoms with Crippen molar-refractivity contribution in [3.05, 3.63) is 34.6 Å². The minimum absolute atomic E-state index is 0.0206. The number of rotatable bonds is 2. The number of benzene rings is 1. The molecule has 98 valence electrons. The highest BCUT2D eigenvalue weighted by molar-refractivity contribution is 6.34. The van der Waals surface area contributed by atoms with E-state index >= 15 is 0 Å². The van der Waals surface area contributed by atoms with Crippen molar-refractivity contribution >= 4 is 29.1 Å². The van der Waals surface area contributed by atoms with Crippen LogP contribution in [0.5, 0.6) is 0 Å². The van der Waals surface area contributed by atoms with Crippen LogP contribution in [0.1, 0.15) is 29.6 Å². The SMILES string of the molecule is O=C(c1cccc(F)c1Cl)N1CCCCC1CCl.